The number of pyridine rings is 1. The SMILES string of the molecule is Cc1cnc(Sc2nc(=O)c(=O)[nH]n2C)c(Br)c1. The Kier molecular flexibility index (Phi) is 3.67. The molecular weight excluding hydrogens is 320 g/mol. The Morgan fingerprint density at radius 3 is 2.83 bits per heavy atom. The molecule has 18 heavy (non-hydrogen) atoms. The van der Waals surface area contributed by atoms with Gasteiger partial charge in [0, 0.05) is 13.2 Å². The van der Waals surface area contributed by atoms with Crippen molar-refractivity contribution in [3.8, 4) is 0 Å². The van der Waals surface area contributed by atoms with Gasteiger partial charge in [0.2, 0.25) is 0 Å². The number of aromatic amines is 1. The summed E-state index contributed by atoms with van der Waals surface area (Å²) >= 11 is 4.59. The van der Waals surface area contributed by atoms with Gasteiger partial charge in [0.1, 0.15) is 5.03 Å². The van der Waals surface area contributed by atoms with Gasteiger partial charge in [-0.3, -0.25) is 19.4 Å². The third-order valence-corrected chi connectivity index (χ3v) is 4.01. The number of rotatable bonds is 2. The van der Waals surface area contributed by atoms with Gasteiger partial charge >= 0.3 is 11.1 Å². The highest BCUT2D eigenvalue weighted by Gasteiger charge is 2.09. The van der Waals surface area contributed by atoms with Gasteiger partial charge in [0.25, 0.3) is 0 Å². The number of hydrogen-bond acceptors (Lipinski definition) is 5. The highest BCUT2D eigenvalue weighted by Crippen LogP contribution is 2.29. The Morgan fingerprint density at radius 2 is 2.17 bits per heavy atom. The molecular formula is C10H9BrN4O2S. The normalized spacial score (nSPS) is 10.6. The van der Waals surface area contributed by atoms with E-state index in [0.717, 1.165) is 10.0 Å². The van der Waals surface area contributed by atoms with Crippen LogP contribution in [0.1, 0.15) is 5.56 Å². The van der Waals surface area contributed by atoms with Crippen LogP contribution in [0.4, 0.5) is 0 Å². The van der Waals surface area contributed by atoms with Crippen LogP contribution in [0.25, 0.3) is 0 Å². The minimum absolute atomic E-state index is 0.372. The lowest BCUT2D eigenvalue weighted by Crippen LogP contribution is -2.33. The maximum Gasteiger partial charge on any atom is 0.339 e. The van der Waals surface area contributed by atoms with E-state index in [9.17, 15) is 9.59 Å². The van der Waals surface area contributed by atoms with E-state index in [0.29, 0.717) is 10.2 Å². The molecule has 2 aromatic rings. The first-order valence-corrected chi connectivity index (χ1v) is 6.55. The topological polar surface area (TPSA) is 80.6 Å². The first-order valence-electron chi connectivity index (χ1n) is 4.94. The molecule has 0 aliphatic rings. The first kappa shape index (κ1) is 13.0. The van der Waals surface area contributed by atoms with Gasteiger partial charge in [-0.1, -0.05) is 0 Å². The van der Waals surface area contributed by atoms with E-state index in [1.807, 2.05) is 13.0 Å². The van der Waals surface area contributed by atoms with Gasteiger partial charge in [-0.25, -0.2) is 4.98 Å². The van der Waals surface area contributed by atoms with E-state index >= 15 is 0 Å². The number of nitrogens with one attached hydrogen (secondary N) is 1. The van der Waals surface area contributed by atoms with Crippen molar-refractivity contribution in [3.05, 3.63) is 43.0 Å². The maximum absolute atomic E-state index is 11.2. The van der Waals surface area contributed by atoms with E-state index in [-0.39, 0.29) is 0 Å². The molecule has 0 aliphatic heterocycles. The van der Waals surface area contributed by atoms with Crippen LogP contribution in [0.15, 0.2) is 36.5 Å². The fourth-order valence-corrected chi connectivity index (χ4v) is 2.69. The van der Waals surface area contributed by atoms with Crippen molar-refractivity contribution in [1.82, 2.24) is 19.7 Å². The maximum atomic E-state index is 11.2. The quantitative estimate of drug-likeness (QED) is 0.834. The standard InChI is InChI=1S/C10H9BrN4O2S/c1-5-3-6(11)9(12-4-5)18-10-13-7(16)8(17)14-15(10)2/h3-4H,1-2H3,(H,14,17). The van der Waals surface area contributed by atoms with Crippen LogP contribution < -0.4 is 11.1 Å². The monoisotopic (exact) mass is 328 g/mol. The summed E-state index contributed by atoms with van der Waals surface area (Å²) in [6, 6.07) is 1.92. The van der Waals surface area contributed by atoms with Crippen LogP contribution in [-0.2, 0) is 7.05 Å². The fourth-order valence-electron chi connectivity index (χ4n) is 1.23. The van der Waals surface area contributed by atoms with Crippen molar-refractivity contribution in [1.29, 1.82) is 0 Å². The van der Waals surface area contributed by atoms with Gasteiger partial charge < -0.3 is 0 Å². The van der Waals surface area contributed by atoms with E-state index in [2.05, 4.69) is 31.0 Å². The Morgan fingerprint density at radius 1 is 1.44 bits per heavy atom. The molecule has 0 saturated heterocycles. The second-order valence-corrected chi connectivity index (χ2v) is 5.41. The van der Waals surface area contributed by atoms with E-state index in [1.165, 1.54) is 16.4 Å². The zero-order valence-electron chi connectivity index (χ0n) is 9.60. The molecule has 0 radical (unpaired) electrons. The number of nitrogens with zero attached hydrogens (tertiary/aromatic N) is 3. The number of H-pyrrole nitrogens is 1. The van der Waals surface area contributed by atoms with Gasteiger partial charge in [-0.15, -0.1) is 0 Å². The van der Waals surface area contributed by atoms with Crippen LogP contribution in [-0.4, -0.2) is 19.7 Å². The lowest BCUT2D eigenvalue weighted by atomic mass is 10.3. The second-order valence-electron chi connectivity index (χ2n) is 3.60. The second kappa shape index (κ2) is 5.07. The van der Waals surface area contributed by atoms with Crippen molar-refractivity contribution >= 4 is 27.7 Å². The van der Waals surface area contributed by atoms with Crippen molar-refractivity contribution < 1.29 is 0 Å². The Hall–Kier alpha value is -1.41. The van der Waals surface area contributed by atoms with Crippen molar-refractivity contribution in [2.45, 2.75) is 17.1 Å². The van der Waals surface area contributed by atoms with Crippen LogP contribution >= 0.6 is 27.7 Å². The summed E-state index contributed by atoms with van der Waals surface area (Å²) < 4.78 is 2.20. The summed E-state index contributed by atoms with van der Waals surface area (Å²) in [5.74, 6) is 0. The summed E-state index contributed by atoms with van der Waals surface area (Å²) in [5.41, 5.74) is -0.522. The highest BCUT2D eigenvalue weighted by atomic mass is 79.9. The number of aromatic nitrogens is 4. The molecule has 2 heterocycles. The van der Waals surface area contributed by atoms with Crippen LogP contribution in [0.2, 0.25) is 0 Å². The number of aryl methyl sites for hydroxylation is 2. The van der Waals surface area contributed by atoms with Crippen LogP contribution in [0.5, 0.6) is 0 Å². The molecule has 2 rings (SSSR count). The Bertz CT molecular complexity index is 710. The molecule has 0 unspecified atom stereocenters. The minimum Gasteiger partial charge on any atom is -0.265 e. The zero-order valence-corrected chi connectivity index (χ0v) is 12.0. The minimum atomic E-state index is -0.807. The lowest BCUT2D eigenvalue weighted by molar-refractivity contribution is 0.596. The summed E-state index contributed by atoms with van der Waals surface area (Å²) in [6.07, 6.45) is 1.72. The molecule has 0 fully saturated rings. The molecule has 0 saturated carbocycles. The highest BCUT2D eigenvalue weighted by molar-refractivity contribution is 9.10. The first-order chi connectivity index (χ1) is 8.47. The fraction of sp³-hybridized carbons (Fsp3) is 0.200. The van der Waals surface area contributed by atoms with Crippen molar-refractivity contribution in [3.63, 3.8) is 0 Å². The lowest BCUT2D eigenvalue weighted by Gasteiger charge is -2.06. The molecule has 8 heteroatoms. The average molecular weight is 329 g/mol. The summed E-state index contributed by atoms with van der Waals surface area (Å²) in [6.45, 7) is 1.93. The predicted molar refractivity (Wildman–Crippen MR) is 70.9 cm³/mol. The van der Waals surface area contributed by atoms with Gasteiger partial charge in [0.05, 0.1) is 4.47 Å². The third kappa shape index (κ3) is 2.70. The average Bonchev–Trinajstić information content (AvgIpc) is 2.29. The van der Waals surface area contributed by atoms with Crippen LogP contribution in [0, 0.1) is 6.92 Å². The van der Waals surface area contributed by atoms with Gasteiger partial charge in [-0.2, -0.15) is 4.98 Å². The van der Waals surface area contributed by atoms with E-state index in [4.69, 9.17) is 0 Å². The molecule has 0 aromatic carbocycles. The number of hydrogen-bond donors (Lipinski definition) is 1. The molecule has 2 aromatic heterocycles. The van der Waals surface area contributed by atoms with Crippen LogP contribution in [0.3, 0.4) is 0 Å². The molecule has 0 aliphatic carbocycles. The summed E-state index contributed by atoms with van der Waals surface area (Å²) in [4.78, 5) is 30.2. The predicted octanol–water partition coefficient (Wildman–Crippen LogP) is 1.09. The summed E-state index contributed by atoms with van der Waals surface area (Å²) in [7, 11) is 1.61. The van der Waals surface area contributed by atoms with Gasteiger partial charge in [-0.05, 0) is 46.2 Å². The molecule has 0 bridgehead atoms. The summed E-state index contributed by atoms with van der Waals surface area (Å²) in [5, 5.41) is 3.43. The molecule has 0 atom stereocenters. The van der Waals surface area contributed by atoms with Crippen molar-refractivity contribution in [2.75, 3.05) is 0 Å². The zero-order chi connectivity index (χ0) is 13.3. The number of halogens is 1. The van der Waals surface area contributed by atoms with E-state index in [1.54, 1.807) is 13.2 Å². The molecule has 0 amide bonds. The van der Waals surface area contributed by atoms with Crippen molar-refractivity contribution in [2.24, 2.45) is 7.05 Å². The van der Waals surface area contributed by atoms with Gasteiger partial charge in [0.15, 0.2) is 5.16 Å². The third-order valence-electron chi connectivity index (χ3n) is 2.08. The Labute approximate surface area is 115 Å². The molecule has 0 spiro atoms. The molecule has 6 nitrogen and oxygen atoms in total. The largest absolute Gasteiger partial charge is 0.339 e. The molecule has 1 N–H and O–H groups in total. The van der Waals surface area contributed by atoms with E-state index < -0.39 is 11.1 Å². The smallest absolute Gasteiger partial charge is 0.265 e. The molecule has 94 valence electrons. The Balaban J connectivity index is 2.43.